The van der Waals surface area contributed by atoms with E-state index in [-0.39, 0.29) is 5.92 Å². The first-order chi connectivity index (χ1) is 7.52. The third kappa shape index (κ3) is 4.00. The summed E-state index contributed by atoms with van der Waals surface area (Å²) < 4.78 is 0. The Morgan fingerprint density at radius 3 is 2.38 bits per heavy atom. The lowest BCUT2D eigenvalue weighted by molar-refractivity contribution is -0.141. The second-order valence-electron chi connectivity index (χ2n) is 5.21. The average Bonchev–Trinajstić information content (AvgIpc) is 2.42. The van der Waals surface area contributed by atoms with E-state index in [1.807, 2.05) is 11.8 Å². The van der Waals surface area contributed by atoms with Crippen LogP contribution in [0.5, 0.6) is 0 Å². The number of hydrogen-bond acceptors (Lipinski definition) is 2. The normalized spacial score (nSPS) is 28.8. The van der Waals surface area contributed by atoms with Crippen LogP contribution in [0, 0.1) is 11.8 Å². The molecule has 0 aromatic heterocycles. The predicted octanol–water partition coefficient (Wildman–Crippen LogP) is 3.80. The van der Waals surface area contributed by atoms with Crippen molar-refractivity contribution in [3.05, 3.63) is 0 Å². The van der Waals surface area contributed by atoms with Gasteiger partial charge >= 0.3 is 5.97 Å². The Labute approximate surface area is 103 Å². The van der Waals surface area contributed by atoms with Gasteiger partial charge in [-0.1, -0.05) is 40.0 Å². The molecule has 3 heteroatoms. The molecule has 0 heterocycles. The van der Waals surface area contributed by atoms with Crippen molar-refractivity contribution in [3.63, 3.8) is 0 Å². The largest absolute Gasteiger partial charge is 0.481 e. The number of hydrogen-bond donors (Lipinski definition) is 1. The van der Waals surface area contributed by atoms with Crippen LogP contribution in [0.3, 0.4) is 0 Å². The molecule has 3 unspecified atom stereocenters. The number of aliphatic carboxylic acids is 1. The van der Waals surface area contributed by atoms with Crippen molar-refractivity contribution < 1.29 is 9.90 Å². The summed E-state index contributed by atoms with van der Waals surface area (Å²) in [7, 11) is 0. The van der Waals surface area contributed by atoms with E-state index >= 15 is 0 Å². The van der Waals surface area contributed by atoms with Crippen molar-refractivity contribution in [2.24, 2.45) is 11.8 Å². The molecular formula is C13H24O2S. The fourth-order valence-corrected chi connectivity index (χ4v) is 3.76. The quantitative estimate of drug-likeness (QED) is 0.764. The number of carboxylic acids is 1. The van der Waals surface area contributed by atoms with Gasteiger partial charge in [-0.25, -0.2) is 0 Å². The Morgan fingerprint density at radius 2 is 1.81 bits per heavy atom. The molecule has 0 amide bonds. The first-order valence-electron chi connectivity index (χ1n) is 6.40. The maximum atomic E-state index is 11.3. The summed E-state index contributed by atoms with van der Waals surface area (Å²) in [5.74, 6) is -0.0771. The smallest absolute Gasteiger partial charge is 0.307 e. The van der Waals surface area contributed by atoms with Gasteiger partial charge in [0.1, 0.15) is 0 Å². The van der Waals surface area contributed by atoms with Gasteiger partial charge in [0.05, 0.1) is 5.92 Å². The van der Waals surface area contributed by atoms with Crippen LogP contribution in [0.15, 0.2) is 0 Å². The number of carboxylic acid groups (broad SMARTS) is 1. The zero-order valence-electron chi connectivity index (χ0n) is 10.6. The summed E-state index contributed by atoms with van der Waals surface area (Å²) in [5.41, 5.74) is 0. The lowest BCUT2D eigenvalue weighted by atomic mass is 10.0. The van der Waals surface area contributed by atoms with Crippen LogP contribution in [0.1, 0.15) is 52.9 Å². The number of rotatable bonds is 4. The maximum absolute atomic E-state index is 11.3. The van der Waals surface area contributed by atoms with Gasteiger partial charge < -0.3 is 5.11 Å². The van der Waals surface area contributed by atoms with Crippen molar-refractivity contribution in [2.45, 2.75) is 63.4 Å². The van der Waals surface area contributed by atoms with Crippen molar-refractivity contribution in [1.82, 2.24) is 0 Å². The molecule has 0 spiro atoms. The first kappa shape index (κ1) is 13.9. The summed E-state index contributed by atoms with van der Waals surface area (Å²) in [6.07, 6.45) is 5.45. The molecule has 2 nitrogen and oxygen atoms in total. The molecule has 1 fully saturated rings. The van der Waals surface area contributed by atoms with Gasteiger partial charge in [-0.15, -0.1) is 0 Å². The molecule has 1 aliphatic rings. The lowest BCUT2D eigenvalue weighted by Gasteiger charge is -2.26. The highest BCUT2D eigenvalue weighted by Crippen LogP contribution is 2.36. The first-order valence-corrected chi connectivity index (χ1v) is 7.35. The second-order valence-corrected chi connectivity index (χ2v) is 6.83. The summed E-state index contributed by atoms with van der Waals surface area (Å²) in [6.45, 7) is 6.65. The van der Waals surface area contributed by atoms with E-state index in [0.29, 0.717) is 16.4 Å². The summed E-state index contributed by atoms with van der Waals surface area (Å²) >= 11 is 1.90. The van der Waals surface area contributed by atoms with E-state index in [2.05, 4.69) is 20.8 Å². The van der Waals surface area contributed by atoms with E-state index in [9.17, 15) is 9.90 Å². The molecule has 1 rings (SSSR count). The van der Waals surface area contributed by atoms with Crippen LogP contribution in [0.4, 0.5) is 0 Å². The summed E-state index contributed by atoms with van der Waals surface area (Å²) in [5, 5.41) is 10.2. The second kappa shape index (κ2) is 6.53. The molecule has 0 aliphatic heterocycles. The topological polar surface area (TPSA) is 37.3 Å². The molecule has 16 heavy (non-hydrogen) atoms. The minimum absolute atomic E-state index is 0.117. The van der Waals surface area contributed by atoms with Crippen LogP contribution in [0.2, 0.25) is 0 Å². The van der Waals surface area contributed by atoms with Crippen LogP contribution >= 0.6 is 11.8 Å². The molecule has 0 radical (unpaired) electrons. The Balaban J connectivity index is 2.60. The van der Waals surface area contributed by atoms with Crippen LogP contribution < -0.4 is 0 Å². The van der Waals surface area contributed by atoms with Gasteiger partial charge in [-0.2, -0.15) is 11.8 Å². The standard InChI is InChI=1S/C13H24O2S/c1-9(2)10(3)16-12-8-6-4-5-7-11(12)13(14)15/h9-12H,4-8H2,1-3H3,(H,14,15). The molecule has 0 saturated heterocycles. The van der Waals surface area contributed by atoms with Crippen molar-refractivity contribution in [1.29, 1.82) is 0 Å². The van der Waals surface area contributed by atoms with E-state index in [1.165, 1.54) is 12.8 Å². The van der Waals surface area contributed by atoms with Crippen molar-refractivity contribution >= 4 is 17.7 Å². The van der Waals surface area contributed by atoms with E-state index in [4.69, 9.17) is 0 Å². The van der Waals surface area contributed by atoms with E-state index in [1.54, 1.807) is 0 Å². The Bertz CT molecular complexity index is 228. The third-order valence-corrected chi connectivity index (χ3v) is 5.49. The van der Waals surface area contributed by atoms with Gasteiger partial charge in [0.25, 0.3) is 0 Å². The minimum atomic E-state index is -0.588. The highest BCUT2D eigenvalue weighted by molar-refractivity contribution is 8.00. The Hall–Kier alpha value is -0.180. The monoisotopic (exact) mass is 244 g/mol. The molecule has 3 atom stereocenters. The van der Waals surface area contributed by atoms with Gasteiger partial charge in [0.15, 0.2) is 0 Å². The Kier molecular flexibility index (Phi) is 5.67. The zero-order valence-corrected chi connectivity index (χ0v) is 11.4. The average molecular weight is 244 g/mol. The Morgan fingerprint density at radius 1 is 1.19 bits per heavy atom. The van der Waals surface area contributed by atoms with E-state index in [0.717, 1.165) is 19.3 Å². The van der Waals surface area contributed by atoms with Crippen LogP contribution in [-0.2, 0) is 4.79 Å². The van der Waals surface area contributed by atoms with Crippen LogP contribution in [0.25, 0.3) is 0 Å². The number of carbonyl (C=O) groups is 1. The summed E-state index contributed by atoms with van der Waals surface area (Å²) in [4.78, 5) is 11.3. The fraction of sp³-hybridized carbons (Fsp3) is 0.923. The molecule has 1 saturated carbocycles. The molecule has 0 bridgehead atoms. The van der Waals surface area contributed by atoms with Crippen molar-refractivity contribution in [2.75, 3.05) is 0 Å². The number of thioether (sulfide) groups is 1. The maximum Gasteiger partial charge on any atom is 0.307 e. The molecule has 1 aliphatic carbocycles. The molecule has 1 N–H and O–H groups in total. The minimum Gasteiger partial charge on any atom is -0.481 e. The molecule has 0 aromatic rings. The lowest BCUT2D eigenvalue weighted by Crippen LogP contribution is -2.27. The van der Waals surface area contributed by atoms with Crippen LogP contribution in [-0.4, -0.2) is 21.6 Å². The predicted molar refractivity (Wildman–Crippen MR) is 69.9 cm³/mol. The molecule has 0 aromatic carbocycles. The van der Waals surface area contributed by atoms with Gasteiger partial charge in [0, 0.05) is 10.5 Å². The summed E-state index contributed by atoms with van der Waals surface area (Å²) in [6, 6.07) is 0. The molecular weight excluding hydrogens is 220 g/mol. The van der Waals surface area contributed by atoms with Crippen molar-refractivity contribution in [3.8, 4) is 0 Å². The molecule has 94 valence electrons. The van der Waals surface area contributed by atoms with Gasteiger partial charge in [-0.3, -0.25) is 4.79 Å². The van der Waals surface area contributed by atoms with E-state index < -0.39 is 5.97 Å². The van der Waals surface area contributed by atoms with Gasteiger partial charge in [0.2, 0.25) is 0 Å². The fourth-order valence-electron chi connectivity index (χ4n) is 2.15. The highest BCUT2D eigenvalue weighted by atomic mass is 32.2. The third-order valence-electron chi connectivity index (χ3n) is 3.60. The zero-order chi connectivity index (χ0) is 12.1. The van der Waals surface area contributed by atoms with Gasteiger partial charge in [-0.05, 0) is 18.8 Å². The highest BCUT2D eigenvalue weighted by Gasteiger charge is 2.31. The SMILES string of the molecule is CC(C)C(C)SC1CCCCCC1C(=O)O.